The number of amides is 1. The normalized spacial score (nSPS) is 14.6. The molecular weight excluding hydrogens is 912 g/mol. The van der Waals surface area contributed by atoms with Crippen molar-refractivity contribution in [1.82, 2.24) is 5.32 Å². The molecule has 416 valence electrons. The van der Waals surface area contributed by atoms with E-state index in [2.05, 4.69) is 104 Å². The van der Waals surface area contributed by atoms with Gasteiger partial charge in [-0.05, 0) is 83.5 Å². The minimum absolute atomic E-state index is 0.00905. The van der Waals surface area contributed by atoms with Crippen molar-refractivity contribution < 1.29 is 32.9 Å². The van der Waals surface area contributed by atoms with Crippen LogP contribution in [0.3, 0.4) is 0 Å². The Labute approximate surface area is 445 Å². The number of rotatable bonds is 53. The molecule has 1 amide bonds. The fourth-order valence-corrected chi connectivity index (χ4v) is 8.90. The number of carbonyl (C=O) groups excluding carboxylic acids is 1. The number of carbonyl (C=O) groups is 1. The maximum Gasteiger partial charge on any atom is 0.268 e. The van der Waals surface area contributed by atoms with E-state index < -0.39 is 26.6 Å². The average molecular weight is 1030 g/mol. The van der Waals surface area contributed by atoms with Gasteiger partial charge in [0.15, 0.2) is 0 Å². The number of nitrogens with one attached hydrogen (secondary N) is 1. The summed E-state index contributed by atoms with van der Waals surface area (Å²) in [6.07, 6.45) is 76.4. The number of likely N-dealkylation sites (N-methyl/N-ethyl adjacent to an activating group) is 1. The molecule has 0 rings (SSSR count). The zero-order valence-corrected chi connectivity index (χ0v) is 48.2. The molecule has 3 unspecified atom stereocenters. The van der Waals surface area contributed by atoms with Gasteiger partial charge < -0.3 is 28.8 Å². The van der Waals surface area contributed by atoms with Crippen molar-refractivity contribution in [1.29, 1.82) is 0 Å². The Morgan fingerprint density at radius 2 is 0.861 bits per heavy atom. The molecule has 0 saturated heterocycles. The molecule has 9 heteroatoms. The van der Waals surface area contributed by atoms with Crippen molar-refractivity contribution in [3.05, 3.63) is 97.2 Å². The second-order valence-electron chi connectivity index (χ2n) is 21.0. The van der Waals surface area contributed by atoms with Crippen LogP contribution in [0.15, 0.2) is 97.2 Å². The van der Waals surface area contributed by atoms with Crippen LogP contribution in [0.2, 0.25) is 0 Å². The highest BCUT2D eigenvalue weighted by atomic mass is 31.2. The van der Waals surface area contributed by atoms with Crippen molar-refractivity contribution in [2.75, 3.05) is 40.9 Å². The van der Waals surface area contributed by atoms with Crippen LogP contribution in [0.25, 0.3) is 0 Å². The van der Waals surface area contributed by atoms with Crippen molar-refractivity contribution in [2.45, 2.75) is 257 Å². The summed E-state index contributed by atoms with van der Waals surface area (Å²) in [6, 6.07) is -0.907. The van der Waals surface area contributed by atoms with Gasteiger partial charge in [0.05, 0.1) is 39.9 Å². The maximum absolute atomic E-state index is 13.0. The van der Waals surface area contributed by atoms with E-state index in [-0.39, 0.29) is 12.5 Å². The van der Waals surface area contributed by atoms with Crippen LogP contribution in [0.4, 0.5) is 0 Å². The first-order chi connectivity index (χ1) is 35.0. The largest absolute Gasteiger partial charge is 0.756 e. The number of unbranched alkanes of at least 4 members (excludes halogenated alkanes) is 26. The van der Waals surface area contributed by atoms with Crippen LogP contribution in [0.5, 0.6) is 0 Å². The molecule has 0 aliphatic heterocycles. The SMILES string of the molecule is CC/C=C\C/C=C\C/C=C\C/C=C\C/C=C\C/C=C\CCCCCCCCCCCCCCCCCCC(=O)NC(COP(=O)([O-])OCC[N+](C)(C)C)C(O)/C=C/CC/C=C/CCCCCCCCCCC. The summed E-state index contributed by atoms with van der Waals surface area (Å²) in [4.78, 5) is 25.5. The molecular formula is C63H113N2O6P. The molecule has 0 fully saturated rings. The van der Waals surface area contributed by atoms with Gasteiger partial charge in [0.2, 0.25) is 5.91 Å². The zero-order valence-electron chi connectivity index (χ0n) is 47.4. The van der Waals surface area contributed by atoms with E-state index in [0.717, 1.165) is 77.0 Å². The lowest BCUT2D eigenvalue weighted by molar-refractivity contribution is -0.870. The molecule has 0 aromatic carbocycles. The van der Waals surface area contributed by atoms with Crippen LogP contribution in [0, 0.1) is 0 Å². The first-order valence-corrected chi connectivity index (χ1v) is 31.1. The van der Waals surface area contributed by atoms with Gasteiger partial charge in [0.1, 0.15) is 13.2 Å². The van der Waals surface area contributed by atoms with Crippen LogP contribution >= 0.6 is 7.82 Å². The first kappa shape index (κ1) is 69.4. The predicted octanol–water partition coefficient (Wildman–Crippen LogP) is 17.6. The summed E-state index contributed by atoms with van der Waals surface area (Å²) in [5.41, 5.74) is 0. The Hall–Kier alpha value is -2.58. The summed E-state index contributed by atoms with van der Waals surface area (Å²) < 4.78 is 23.3. The molecule has 8 nitrogen and oxygen atoms in total. The number of phosphoric acid groups is 1. The molecule has 0 bridgehead atoms. The van der Waals surface area contributed by atoms with Crippen molar-refractivity contribution >= 4 is 13.7 Å². The van der Waals surface area contributed by atoms with E-state index in [1.165, 1.54) is 148 Å². The number of nitrogens with zero attached hydrogens (tertiary/aromatic N) is 1. The molecule has 0 radical (unpaired) electrons. The fraction of sp³-hybridized carbons (Fsp3) is 0.730. The van der Waals surface area contributed by atoms with Crippen LogP contribution in [-0.4, -0.2) is 68.5 Å². The standard InChI is InChI=1S/C63H113N2O6P/c1-6-8-10-12-14-16-18-20-22-23-24-25-26-27-28-29-30-31-32-33-34-35-36-37-38-39-40-41-43-45-47-49-51-53-55-57-63(67)64-61(60-71-72(68,69)70-59-58-65(3,4)5)62(66)56-54-52-50-48-46-44-42-21-19-17-15-13-11-9-7-2/h8,10,14,16,20,22,24-25,27-28,30-31,46,48,54,56,61-62,66H,6-7,9,11-13,15,17-19,21,23,26,29,32-45,47,49-53,55,57-60H2,1-5H3,(H-,64,67,68,69)/b10-8-,16-14-,22-20-,25-24-,28-27-,31-30-,48-46+,56-54+. The Morgan fingerprint density at radius 1 is 0.500 bits per heavy atom. The highest BCUT2D eigenvalue weighted by Crippen LogP contribution is 2.38. The lowest BCUT2D eigenvalue weighted by atomic mass is 10.0. The van der Waals surface area contributed by atoms with E-state index in [1.807, 2.05) is 27.2 Å². The molecule has 72 heavy (non-hydrogen) atoms. The molecule has 0 aromatic heterocycles. The van der Waals surface area contributed by atoms with Crippen LogP contribution < -0.4 is 10.2 Å². The molecule has 0 aliphatic rings. The van der Waals surface area contributed by atoms with Gasteiger partial charge in [-0.2, -0.15) is 0 Å². The summed E-state index contributed by atoms with van der Waals surface area (Å²) in [5, 5.41) is 13.8. The monoisotopic (exact) mass is 1020 g/mol. The van der Waals surface area contributed by atoms with Gasteiger partial charge in [0, 0.05) is 6.42 Å². The van der Waals surface area contributed by atoms with E-state index in [4.69, 9.17) is 9.05 Å². The van der Waals surface area contributed by atoms with Crippen molar-refractivity contribution in [2.24, 2.45) is 0 Å². The predicted molar refractivity (Wildman–Crippen MR) is 311 cm³/mol. The number of hydrogen-bond donors (Lipinski definition) is 2. The topological polar surface area (TPSA) is 108 Å². The first-order valence-electron chi connectivity index (χ1n) is 29.6. The fourth-order valence-electron chi connectivity index (χ4n) is 8.17. The van der Waals surface area contributed by atoms with Gasteiger partial charge in [-0.3, -0.25) is 9.36 Å². The number of aliphatic hydroxyl groups excluding tert-OH is 1. The van der Waals surface area contributed by atoms with Crippen molar-refractivity contribution in [3.63, 3.8) is 0 Å². The number of quaternary nitrogens is 1. The van der Waals surface area contributed by atoms with Gasteiger partial charge in [-0.1, -0.05) is 252 Å². The highest BCUT2D eigenvalue weighted by Gasteiger charge is 2.23. The molecule has 0 aromatic rings. The molecule has 0 aliphatic carbocycles. The Balaban J connectivity index is 4.09. The Bertz CT molecular complexity index is 1490. The van der Waals surface area contributed by atoms with E-state index >= 15 is 0 Å². The number of phosphoric ester groups is 1. The molecule has 3 atom stereocenters. The number of aliphatic hydroxyl groups is 1. The Kier molecular flexibility index (Phi) is 51.3. The van der Waals surface area contributed by atoms with Gasteiger partial charge >= 0.3 is 0 Å². The molecule has 2 N–H and O–H groups in total. The van der Waals surface area contributed by atoms with Gasteiger partial charge in [-0.25, -0.2) is 0 Å². The third-order valence-corrected chi connectivity index (χ3v) is 13.7. The van der Waals surface area contributed by atoms with Gasteiger partial charge in [-0.15, -0.1) is 0 Å². The Morgan fingerprint density at radius 3 is 1.29 bits per heavy atom. The summed E-state index contributed by atoms with van der Waals surface area (Å²) in [6.45, 7) is 4.51. The number of hydrogen-bond acceptors (Lipinski definition) is 6. The minimum atomic E-state index is -4.61. The summed E-state index contributed by atoms with van der Waals surface area (Å²) in [7, 11) is 1.24. The third kappa shape index (κ3) is 55.2. The minimum Gasteiger partial charge on any atom is -0.756 e. The zero-order chi connectivity index (χ0) is 52.7. The average Bonchev–Trinajstić information content (AvgIpc) is 3.34. The maximum atomic E-state index is 13.0. The molecule has 0 heterocycles. The van der Waals surface area contributed by atoms with Gasteiger partial charge in [0.25, 0.3) is 7.82 Å². The summed E-state index contributed by atoms with van der Waals surface area (Å²) in [5.74, 6) is -0.209. The second-order valence-corrected chi connectivity index (χ2v) is 22.4. The van der Waals surface area contributed by atoms with E-state index in [1.54, 1.807) is 6.08 Å². The third-order valence-electron chi connectivity index (χ3n) is 12.8. The highest BCUT2D eigenvalue weighted by molar-refractivity contribution is 7.45. The lowest BCUT2D eigenvalue weighted by Crippen LogP contribution is -2.45. The molecule has 0 saturated carbocycles. The molecule has 0 spiro atoms. The van der Waals surface area contributed by atoms with Crippen molar-refractivity contribution in [3.8, 4) is 0 Å². The number of allylic oxidation sites excluding steroid dienone is 15. The van der Waals surface area contributed by atoms with Crippen LogP contribution in [0.1, 0.15) is 245 Å². The van der Waals surface area contributed by atoms with E-state index in [0.29, 0.717) is 17.4 Å². The smallest absolute Gasteiger partial charge is 0.268 e. The lowest BCUT2D eigenvalue weighted by Gasteiger charge is -2.29. The van der Waals surface area contributed by atoms with Crippen LogP contribution in [-0.2, 0) is 18.4 Å². The van der Waals surface area contributed by atoms with E-state index in [9.17, 15) is 19.4 Å². The second kappa shape index (κ2) is 53.3. The quantitative estimate of drug-likeness (QED) is 0.0272. The summed E-state index contributed by atoms with van der Waals surface area (Å²) >= 11 is 0.